The van der Waals surface area contributed by atoms with E-state index in [0.717, 1.165) is 4.47 Å². The maximum absolute atomic E-state index is 13.6. The molecule has 0 spiro atoms. The maximum Gasteiger partial charge on any atom is 0.146 e. The van der Waals surface area contributed by atoms with Crippen LogP contribution in [0.5, 0.6) is 0 Å². The molecule has 1 N–H and O–H groups in total. The predicted molar refractivity (Wildman–Crippen MR) is 77.3 cm³/mol. The summed E-state index contributed by atoms with van der Waals surface area (Å²) < 4.78 is 27.9. The molecular weight excluding hydrogens is 312 g/mol. The highest BCUT2D eigenvalue weighted by Gasteiger charge is 2.10. The molecule has 0 heterocycles. The molecule has 0 aliphatic carbocycles. The molecule has 2 aromatic carbocycles. The second kappa shape index (κ2) is 6.15. The van der Waals surface area contributed by atoms with E-state index in [1.54, 1.807) is 30.3 Å². The minimum atomic E-state index is -0.316. The molecule has 1 unspecified atom stereocenters. The SMILES string of the molecule is CC(Cc1ccccc1F)Nc1cc(Br)ccc1F. The van der Waals surface area contributed by atoms with E-state index in [9.17, 15) is 8.78 Å². The number of benzene rings is 2. The van der Waals surface area contributed by atoms with Gasteiger partial charge in [0.15, 0.2) is 0 Å². The van der Waals surface area contributed by atoms with Crippen LogP contribution in [0.4, 0.5) is 14.5 Å². The summed E-state index contributed by atoms with van der Waals surface area (Å²) in [7, 11) is 0. The van der Waals surface area contributed by atoms with E-state index >= 15 is 0 Å². The van der Waals surface area contributed by atoms with Gasteiger partial charge in [0.1, 0.15) is 11.6 Å². The third-order valence-corrected chi connectivity index (χ3v) is 3.31. The number of anilines is 1. The topological polar surface area (TPSA) is 12.0 Å². The summed E-state index contributed by atoms with van der Waals surface area (Å²) in [5.74, 6) is -0.547. The monoisotopic (exact) mass is 325 g/mol. The van der Waals surface area contributed by atoms with E-state index in [1.165, 1.54) is 12.1 Å². The standard InChI is InChI=1S/C15H14BrF2N/c1-10(8-11-4-2-3-5-13(11)17)19-15-9-12(16)6-7-14(15)18/h2-7,9-10,19H,8H2,1H3. The van der Waals surface area contributed by atoms with Gasteiger partial charge in [0.25, 0.3) is 0 Å². The molecule has 2 rings (SSSR count). The van der Waals surface area contributed by atoms with Gasteiger partial charge in [-0.2, -0.15) is 0 Å². The first-order valence-corrected chi connectivity index (χ1v) is 6.80. The van der Waals surface area contributed by atoms with Gasteiger partial charge in [-0.15, -0.1) is 0 Å². The molecule has 1 nitrogen and oxygen atoms in total. The van der Waals surface area contributed by atoms with Crippen molar-refractivity contribution in [2.24, 2.45) is 0 Å². The van der Waals surface area contributed by atoms with Crippen LogP contribution >= 0.6 is 15.9 Å². The van der Waals surface area contributed by atoms with Crippen LogP contribution in [0.1, 0.15) is 12.5 Å². The van der Waals surface area contributed by atoms with Gasteiger partial charge in [-0.3, -0.25) is 0 Å². The molecule has 0 aromatic heterocycles. The first-order valence-electron chi connectivity index (χ1n) is 6.01. The third-order valence-electron chi connectivity index (χ3n) is 2.81. The summed E-state index contributed by atoms with van der Waals surface area (Å²) in [6.07, 6.45) is 0.499. The van der Waals surface area contributed by atoms with Crippen molar-refractivity contribution in [2.75, 3.05) is 5.32 Å². The summed E-state index contributed by atoms with van der Waals surface area (Å²) >= 11 is 3.30. The van der Waals surface area contributed by atoms with Crippen LogP contribution in [0.3, 0.4) is 0 Å². The normalized spacial score (nSPS) is 12.2. The van der Waals surface area contributed by atoms with Gasteiger partial charge in [0.2, 0.25) is 0 Å². The minimum absolute atomic E-state index is 0.0688. The molecule has 0 saturated heterocycles. The van der Waals surface area contributed by atoms with E-state index in [4.69, 9.17) is 0 Å². The first-order chi connectivity index (χ1) is 9.06. The number of nitrogens with one attached hydrogen (secondary N) is 1. The Morgan fingerprint density at radius 2 is 1.84 bits per heavy atom. The molecule has 0 saturated carbocycles. The quantitative estimate of drug-likeness (QED) is 0.853. The Labute approximate surface area is 119 Å². The van der Waals surface area contributed by atoms with Gasteiger partial charge >= 0.3 is 0 Å². The highest BCUT2D eigenvalue weighted by Crippen LogP contribution is 2.21. The Bertz CT molecular complexity index is 572. The highest BCUT2D eigenvalue weighted by molar-refractivity contribution is 9.10. The fraction of sp³-hybridized carbons (Fsp3) is 0.200. The summed E-state index contributed by atoms with van der Waals surface area (Å²) in [5, 5.41) is 3.06. The zero-order valence-electron chi connectivity index (χ0n) is 10.5. The molecule has 0 aliphatic rings. The molecule has 0 fully saturated rings. The van der Waals surface area contributed by atoms with Crippen LogP contribution in [-0.2, 0) is 6.42 Å². The number of rotatable bonds is 4. The fourth-order valence-corrected chi connectivity index (χ4v) is 2.28. The molecule has 0 radical (unpaired) electrons. The number of hydrogen-bond acceptors (Lipinski definition) is 1. The highest BCUT2D eigenvalue weighted by atomic mass is 79.9. The lowest BCUT2D eigenvalue weighted by Crippen LogP contribution is -2.19. The van der Waals surface area contributed by atoms with E-state index < -0.39 is 0 Å². The average molecular weight is 326 g/mol. The van der Waals surface area contributed by atoms with Crippen molar-refractivity contribution >= 4 is 21.6 Å². The summed E-state index contributed by atoms with van der Waals surface area (Å²) in [5.41, 5.74) is 1.04. The second-order valence-electron chi connectivity index (χ2n) is 4.47. The summed E-state index contributed by atoms with van der Waals surface area (Å²) in [6.45, 7) is 1.90. The van der Waals surface area contributed by atoms with E-state index in [2.05, 4.69) is 21.2 Å². The van der Waals surface area contributed by atoms with Crippen LogP contribution < -0.4 is 5.32 Å². The van der Waals surface area contributed by atoms with E-state index in [1.807, 2.05) is 6.92 Å². The molecule has 2 aromatic rings. The lowest BCUT2D eigenvalue weighted by molar-refractivity contribution is 0.598. The molecule has 4 heteroatoms. The molecular formula is C15H14BrF2N. The second-order valence-corrected chi connectivity index (χ2v) is 5.38. The van der Waals surface area contributed by atoms with Crippen molar-refractivity contribution in [1.82, 2.24) is 0 Å². The third kappa shape index (κ3) is 3.77. The molecule has 100 valence electrons. The molecule has 0 amide bonds. The van der Waals surface area contributed by atoms with Gasteiger partial charge in [0.05, 0.1) is 5.69 Å². The van der Waals surface area contributed by atoms with Crippen LogP contribution in [0.25, 0.3) is 0 Å². The summed E-state index contributed by atoms with van der Waals surface area (Å²) in [4.78, 5) is 0. The van der Waals surface area contributed by atoms with Gasteiger partial charge in [-0.25, -0.2) is 8.78 Å². The van der Waals surface area contributed by atoms with Crippen LogP contribution in [0, 0.1) is 11.6 Å². The minimum Gasteiger partial charge on any atom is -0.380 e. The molecule has 1 atom stereocenters. The first kappa shape index (κ1) is 14.0. The predicted octanol–water partition coefficient (Wildman–Crippen LogP) is 4.77. The lowest BCUT2D eigenvalue weighted by Gasteiger charge is -2.16. The van der Waals surface area contributed by atoms with Gasteiger partial charge < -0.3 is 5.32 Å². The fourth-order valence-electron chi connectivity index (χ4n) is 1.92. The Kier molecular flexibility index (Phi) is 4.53. The Morgan fingerprint density at radius 3 is 2.58 bits per heavy atom. The molecule has 0 aliphatic heterocycles. The zero-order valence-corrected chi connectivity index (χ0v) is 12.0. The Balaban J connectivity index is 2.07. The van der Waals surface area contributed by atoms with Crippen molar-refractivity contribution in [3.63, 3.8) is 0 Å². The summed E-state index contributed by atoms with van der Waals surface area (Å²) in [6, 6.07) is 11.3. The van der Waals surface area contributed by atoms with E-state index in [0.29, 0.717) is 17.7 Å². The maximum atomic E-state index is 13.6. The Hall–Kier alpha value is -1.42. The van der Waals surface area contributed by atoms with Crippen molar-refractivity contribution in [3.05, 3.63) is 64.1 Å². The van der Waals surface area contributed by atoms with Gasteiger partial charge in [-0.1, -0.05) is 34.1 Å². The van der Waals surface area contributed by atoms with Crippen LogP contribution in [0.2, 0.25) is 0 Å². The largest absolute Gasteiger partial charge is 0.380 e. The van der Waals surface area contributed by atoms with Gasteiger partial charge in [-0.05, 0) is 43.2 Å². The smallest absolute Gasteiger partial charge is 0.146 e. The van der Waals surface area contributed by atoms with Crippen molar-refractivity contribution in [3.8, 4) is 0 Å². The van der Waals surface area contributed by atoms with Crippen molar-refractivity contribution < 1.29 is 8.78 Å². The van der Waals surface area contributed by atoms with Crippen LogP contribution in [-0.4, -0.2) is 6.04 Å². The average Bonchev–Trinajstić information content (AvgIpc) is 2.37. The molecule has 19 heavy (non-hydrogen) atoms. The molecule has 0 bridgehead atoms. The lowest BCUT2D eigenvalue weighted by atomic mass is 10.1. The number of hydrogen-bond donors (Lipinski definition) is 1. The van der Waals surface area contributed by atoms with Gasteiger partial charge in [0, 0.05) is 10.5 Å². The Morgan fingerprint density at radius 1 is 1.11 bits per heavy atom. The van der Waals surface area contributed by atoms with Crippen molar-refractivity contribution in [1.29, 1.82) is 0 Å². The number of halogens is 3. The zero-order chi connectivity index (χ0) is 13.8. The van der Waals surface area contributed by atoms with Crippen LogP contribution in [0.15, 0.2) is 46.9 Å². The van der Waals surface area contributed by atoms with E-state index in [-0.39, 0.29) is 17.7 Å². The van der Waals surface area contributed by atoms with Crippen molar-refractivity contribution in [2.45, 2.75) is 19.4 Å².